The largest absolute Gasteiger partial charge is 0.493 e. The minimum absolute atomic E-state index is 0.216. The number of hydrogen-bond donors (Lipinski definition) is 1. The molecule has 1 aromatic carbocycles. The highest BCUT2D eigenvalue weighted by Crippen LogP contribution is 2.14. The molecule has 1 atom stereocenters. The van der Waals surface area contributed by atoms with Crippen LogP contribution in [0.3, 0.4) is 0 Å². The van der Waals surface area contributed by atoms with E-state index in [1.807, 2.05) is 0 Å². The maximum atomic E-state index is 11.4. The molecule has 0 spiro atoms. The number of nitrogens with two attached hydrogens (primary N) is 1. The lowest BCUT2D eigenvalue weighted by molar-refractivity contribution is -0.122. The molecule has 1 rings (SSSR count). The second-order valence-electron chi connectivity index (χ2n) is 3.86. The van der Waals surface area contributed by atoms with E-state index in [1.54, 1.807) is 38.1 Å². The molecule has 0 aliphatic heterocycles. The smallest absolute Gasteiger partial charge is 0.338 e. The minimum Gasteiger partial charge on any atom is -0.493 e. The number of rotatable bonds is 6. The van der Waals surface area contributed by atoms with Crippen molar-refractivity contribution >= 4 is 11.9 Å². The Balaban J connectivity index is 2.55. The third-order valence-electron chi connectivity index (χ3n) is 2.35. The Bertz CT molecular complexity index is 414. The number of esters is 1. The van der Waals surface area contributed by atoms with Crippen molar-refractivity contribution in [3.63, 3.8) is 0 Å². The fraction of sp³-hybridized carbons (Fsp3) is 0.385. The van der Waals surface area contributed by atoms with Gasteiger partial charge in [-0.15, -0.1) is 0 Å². The van der Waals surface area contributed by atoms with E-state index in [4.69, 9.17) is 15.2 Å². The zero-order valence-corrected chi connectivity index (χ0v) is 10.5. The Labute approximate surface area is 106 Å². The number of hydrogen-bond acceptors (Lipinski definition) is 4. The molecule has 0 heterocycles. The summed E-state index contributed by atoms with van der Waals surface area (Å²) in [6.45, 7) is 4.00. The molecule has 18 heavy (non-hydrogen) atoms. The summed E-state index contributed by atoms with van der Waals surface area (Å²) in [5, 5.41) is 0. The Hall–Kier alpha value is -2.04. The van der Waals surface area contributed by atoms with Crippen LogP contribution >= 0.6 is 0 Å². The average Bonchev–Trinajstić information content (AvgIpc) is 2.36. The van der Waals surface area contributed by atoms with Crippen molar-refractivity contribution < 1.29 is 19.1 Å². The molecular weight excluding hydrogens is 234 g/mol. The maximum absolute atomic E-state index is 11.4. The summed E-state index contributed by atoms with van der Waals surface area (Å²) < 4.78 is 10.2. The SMILES string of the molecule is CCOC(=O)c1ccc(OCC(C)C(N)=O)cc1. The number of benzene rings is 1. The first kappa shape index (κ1) is 14.0. The van der Waals surface area contributed by atoms with E-state index >= 15 is 0 Å². The summed E-state index contributed by atoms with van der Waals surface area (Å²) in [6, 6.07) is 6.53. The van der Waals surface area contributed by atoms with Crippen LogP contribution in [0, 0.1) is 5.92 Å². The second-order valence-corrected chi connectivity index (χ2v) is 3.86. The molecule has 1 amide bonds. The third-order valence-corrected chi connectivity index (χ3v) is 2.35. The van der Waals surface area contributed by atoms with Crippen molar-refractivity contribution in [2.45, 2.75) is 13.8 Å². The molecule has 5 heteroatoms. The lowest BCUT2D eigenvalue weighted by atomic mass is 10.2. The van der Waals surface area contributed by atoms with E-state index in [2.05, 4.69) is 0 Å². The first-order valence-electron chi connectivity index (χ1n) is 5.74. The van der Waals surface area contributed by atoms with Crippen LogP contribution in [0.4, 0.5) is 0 Å². The molecule has 0 aromatic heterocycles. The highest BCUT2D eigenvalue weighted by atomic mass is 16.5. The van der Waals surface area contributed by atoms with Gasteiger partial charge in [0.1, 0.15) is 5.75 Å². The van der Waals surface area contributed by atoms with Crippen LogP contribution in [0.5, 0.6) is 5.75 Å². The van der Waals surface area contributed by atoms with Gasteiger partial charge in [-0.1, -0.05) is 6.92 Å². The molecule has 1 unspecified atom stereocenters. The summed E-state index contributed by atoms with van der Waals surface area (Å²) in [7, 11) is 0. The van der Waals surface area contributed by atoms with Crippen molar-refractivity contribution in [2.75, 3.05) is 13.2 Å². The van der Waals surface area contributed by atoms with E-state index in [0.29, 0.717) is 17.9 Å². The number of ether oxygens (including phenoxy) is 2. The van der Waals surface area contributed by atoms with Crippen LogP contribution in [-0.2, 0) is 9.53 Å². The molecule has 0 radical (unpaired) electrons. The highest BCUT2D eigenvalue weighted by Gasteiger charge is 2.10. The van der Waals surface area contributed by atoms with E-state index in [1.165, 1.54) is 0 Å². The van der Waals surface area contributed by atoms with Gasteiger partial charge in [-0.2, -0.15) is 0 Å². The van der Waals surface area contributed by atoms with Crippen LogP contribution in [-0.4, -0.2) is 25.1 Å². The Morgan fingerprint density at radius 3 is 2.39 bits per heavy atom. The topological polar surface area (TPSA) is 78.6 Å². The predicted molar refractivity (Wildman–Crippen MR) is 66.3 cm³/mol. The van der Waals surface area contributed by atoms with Crippen molar-refractivity contribution in [3.8, 4) is 5.75 Å². The summed E-state index contributed by atoms with van der Waals surface area (Å²) in [6.07, 6.45) is 0. The van der Waals surface area contributed by atoms with E-state index in [9.17, 15) is 9.59 Å². The summed E-state index contributed by atoms with van der Waals surface area (Å²) in [5.41, 5.74) is 5.58. The maximum Gasteiger partial charge on any atom is 0.338 e. The van der Waals surface area contributed by atoms with E-state index < -0.39 is 5.91 Å². The van der Waals surface area contributed by atoms with Gasteiger partial charge in [-0.3, -0.25) is 4.79 Å². The highest BCUT2D eigenvalue weighted by molar-refractivity contribution is 5.89. The Morgan fingerprint density at radius 1 is 1.28 bits per heavy atom. The standard InChI is InChI=1S/C13H17NO4/c1-3-17-13(16)10-4-6-11(7-5-10)18-8-9(2)12(14)15/h4-7,9H,3,8H2,1-2H3,(H2,14,15). The molecule has 0 saturated heterocycles. The number of carbonyl (C=O) groups is 2. The first-order valence-corrected chi connectivity index (χ1v) is 5.74. The van der Waals surface area contributed by atoms with Gasteiger partial charge in [-0.05, 0) is 31.2 Å². The van der Waals surface area contributed by atoms with Crippen molar-refractivity contribution in [3.05, 3.63) is 29.8 Å². The average molecular weight is 251 g/mol. The quantitative estimate of drug-likeness (QED) is 0.774. The fourth-order valence-electron chi connectivity index (χ4n) is 1.21. The Kier molecular flexibility index (Phi) is 5.17. The van der Waals surface area contributed by atoms with Gasteiger partial charge in [0.25, 0.3) is 0 Å². The predicted octanol–water partition coefficient (Wildman–Crippen LogP) is 1.36. The molecule has 0 saturated carbocycles. The zero-order valence-electron chi connectivity index (χ0n) is 10.5. The lowest BCUT2D eigenvalue weighted by Gasteiger charge is -2.10. The van der Waals surface area contributed by atoms with Crippen molar-refractivity contribution in [1.29, 1.82) is 0 Å². The number of amides is 1. The molecule has 0 aliphatic carbocycles. The number of primary amides is 1. The van der Waals surface area contributed by atoms with Gasteiger partial charge in [0.15, 0.2) is 0 Å². The molecule has 98 valence electrons. The van der Waals surface area contributed by atoms with Gasteiger partial charge in [0.2, 0.25) is 5.91 Å². The van der Waals surface area contributed by atoms with Crippen molar-refractivity contribution in [2.24, 2.45) is 11.7 Å². The monoisotopic (exact) mass is 251 g/mol. The normalized spacial score (nSPS) is 11.7. The molecular formula is C13H17NO4. The molecule has 0 bridgehead atoms. The molecule has 0 aliphatic rings. The third kappa shape index (κ3) is 4.08. The molecule has 2 N–H and O–H groups in total. The second kappa shape index (κ2) is 6.64. The van der Waals surface area contributed by atoms with Crippen LogP contribution in [0.2, 0.25) is 0 Å². The Morgan fingerprint density at radius 2 is 1.89 bits per heavy atom. The zero-order chi connectivity index (χ0) is 13.5. The van der Waals surface area contributed by atoms with Gasteiger partial charge >= 0.3 is 5.97 Å². The minimum atomic E-state index is -0.404. The summed E-state index contributed by atoms with van der Waals surface area (Å²) in [5.74, 6) is -0.543. The van der Waals surface area contributed by atoms with Gasteiger partial charge in [-0.25, -0.2) is 4.79 Å². The molecule has 5 nitrogen and oxygen atoms in total. The van der Waals surface area contributed by atoms with Crippen LogP contribution in [0.15, 0.2) is 24.3 Å². The van der Waals surface area contributed by atoms with Gasteiger partial charge in [0.05, 0.1) is 24.7 Å². The first-order chi connectivity index (χ1) is 8.54. The number of carbonyl (C=O) groups excluding carboxylic acids is 2. The van der Waals surface area contributed by atoms with Crippen LogP contribution in [0.1, 0.15) is 24.2 Å². The van der Waals surface area contributed by atoms with E-state index in [0.717, 1.165) is 0 Å². The van der Waals surface area contributed by atoms with Crippen LogP contribution in [0.25, 0.3) is 0 Å². The van der Waals surface area contributed by atoms with Crippen LogP contribution < -0.4 is 10.5 Å². The lowest BCUT2D eigenvalue weighted by Crippen LogP contribution is -2.25. The fourth-order valence-corrected chi connectivity index (χ4v) is 1.21. The summed E-state index contributed by atoms with van der Waals surface area (Å²) in [4.78, 5) is 22.2. The molecule has 1 aromatic rings. The van der Waals surface area contributed by atoms with Gasteiger partial charge in [0, 0.05) is 0 Å². The van der Waals surface area contributed by atoms with Crippen molar-refractivity contribution in [1.82, 2.24) is 0 Å². The molecule has 0 fully saturated rings. The van der Waals surface area contributed by atoms with Gasteiger partial charge < -0.3 is 15.2 Å². The van der Waals surface area contributed by atoms with E-state index in [-0.39, 0.29) is 18.5 Å². The summed E-state index contributed by atoms with van der Waals surface area (Å²) >= 11 is 0.